The van der Waals surface area contributed by atoms with Crippen molar-refractivity contribution in [3.63, 3.8) is 0 Å². The molecule has 4 N–H and O–H groups in total. The third-order valence-electron chi connectivity index (χ3n) is 0.986. The van der Waals surface area contributed by atoms with Gasteiger partial charge in [0.1, 0.15) is 6.04 Å². The summed E-state index contributed by atoms with van der Waals surface area (Å²) >= 11 is 0. The van der Waals surface area contributed by atoms with Crippen molar-refractivity contribution in [2.24, 2.45) is 5.73 Å². The van der Waals surface area contributed by atoms with Crippen LogP contribution in [0.25, 0.3) is 0 Å². The Morgan fingerprint density at radius 1 is 1.33 bits per heavy atom. The molecular formula is C6H14NNaO4. The molecule has 0 aliphatic heterocycles. The molecule has 1 atom stereocenters. The van der Waals surface area contributed by atoms with Gasteiger partial charge in [0.25, 0.3) is 0 Å². The van der Waals surface area contributed by atoms with E-state index in [1.807, 2.05) is 0 Å². The van der Waals surface area contributed by atoms with Crippen LogP contribution < -0.4 is 5.73 Å². The van der Waals surface area contributed by atoms with E-state index in [9.17, 15) is 9.59 Å². The monoisotopic (exact) mass is 187 g/mol. The van der Waals surface area contributed by atoms with E-state index in [2.05, 4.69) is 0 Å². The number of hydrogen-bond donors (Lipinski definition) is 3. The van der Waals surface area contributed by atoms with Gasteiger partial charge < -0.3 is 15.9 Å². The van der Waals surface area contributed by atoms with Crippen LogP contribution in [0.3, 0.4) is 0 Å². The number of carboxylic acids is 2. The Hall–Kier alpha value is -0.100. The van der Waals surface area contributed by atoms with Gasteiger partial charge in [-0.15, -0.1) is 0 Å². The van der Waals surface area contributed by atoms with Crippen LogP contribution in [0.4, 0.5) is 0 Å². The number of aliphatic carboxylic acids is 2. The van der Waals surface area contributed by atoms with Crippen molar-refractivity contribution in [2.75, 3.05) is 0 Å². The maximum absolute atomic E-state index is 9.99. The summed E-state index contributed by atoms with van der Waals surface area (Å²) in [7, 11) is 0. The van der Waals surface area contributed by atoms with Crippen molar-refractivity contribution in [1.29, 1.82) is 0 Å². The van der Waals surface area contributed by atoms with Crippen LogP contribution >= 0.6 is 0 Å². The Morgan fingerprint density at radius 2 is 1.75 bits per heavy atom. The van der Waals surface area contributed by atoms with Crippen molar-refractivity contribution >= 4 is 41.5 Å². The molecule has 0 heterocycles. The average Bonchev–Trinajstić information content (AvgIpc) is 1.82. The first-order valence-electron chi connectivity index (χ1n) is 2.74. The van der Waals surface area contributed by atoms with Gasteiger partial charge in [-0.3, -0.25) is 9.59 Å². The Labute approximate surface area is 93.2 Å². The van der Waals surface area contributed by atoms with Crippen LogP contribution in [0.15, 0.2) is 0 Å². The van der Waals surface area contributed by atoms with Gasteiger partial charge in [0.05, 0.1) is 0 Å². The molecule has 0 bridgehead atoms. The SMILES string of the molecule is C.NC(CCC(=O)O)C(=O)O.[NaH]. The van der Waals surface area contributed by atoms with Crippen LogP contribution in [-0.2, 0) is 9.59 Å². The Morgan fingerprint density at radius 3 is 2.00 bits per heavy atom. The van der Waals surface area contributed by atoms with Crippen molar-refractivity contribution < 1.29 is 19.8 Å². The van der Waals surface area contributed by atoms with Crippen molar-refractivity contribution in [3.8, 4) is 0 Å². The topological polar surface area (TPSA) is 101 Å². The minimum atomic E-state index is -1.17. The summed E-state index contributed by atoms with van der Waals surface area (Å²) in [5.74, 6) is -2.20. The zero-order valence-corrected chi connectivity index (χ0v) is 5.28. The first-order chi connectivity index (χ1) is 4.54. The molecule has 1 unspecified atom stereocenters. The molecule has 0 aliphatic rings. The van der Waals surface area contributed by atoms with Gasteiger partial charge in [-0.2, -0.15) is 0 Å². The van der Waals surface area contributed by atoms with Crippen molar-refractivity contribution in [2.45, 2.75) is 26.3 Å². The molecule has 0 aromatic rings. The van der Waals surface area contributed by atoms with Crippen LogP contribution in [-0.4, -0.2) is 57.8 Å². The molecular weight excluding hydrogens is 173 g/mol. The quantitative estimate of drug-likeness (QED) is 0.503. The summed E-state index contributed by atoms with van der Waals surface area (Å²) < 4.78 is 0. The fraction of sp³-hybridized carbons (Fsp3) is 0.667. The Bertz CT molecular complexity index is 150. The Kier molecular flexibility index (Phi) is 13.4. The van der Waals surface area contributed by atoms with E-state index in [-0.39, 0.29) is 49.8 Å². The van der Waals surface area contributed by atoms with Gasteiger partial charge in [-0.1, -0.05) is 7.43 Å². The van der Waals surface area contributed by atoms with Gasteiger partial charge in [-0.05, 0) is 6.42 Å². The van der Waals surface area contributed by atoms with E-state index in [0.717, 1.165) is 0 Å². The maximum atomic E-state index is 9.99. The van der Waals surface area contributed by atoms with E-state index in [0.29, 0.717) is 0 Å². The van der Waals surface area contributed by atoms with Gasteiger partial charge in [0, 0.05) is 6.42 Å². The van der Waals surface area contributed by atoms with Gasteiger partial charge >= 0.3 is 41.5 Å². The summed E-state index contributed by atoms with van der Waals surface area (Å²) in [5, 5.41) is 16.3. The number of hydrogen-bond acceptors (Lipinski definition) is 3. The van der Waals surface area contributed by atoms with Crippen LogP contribution in [0.1, 0.15) is 20.3 Å². The first kappa shape index (κ1) is 17.8. The van der Waals surface area contributed by atoms with Gasteiger partial charge in [-0.25, -0.2) is 0 Å². The molecule has 12 heavy (non-hydrogen) atoms. The molecule has 0 fully saturated rings. The normalized spacial score (nSPS) is 10.4. The van der Waals surface area contributed by atoms with E-state index in [1.165, 1.54) is 0 Å². The molecule has 0 spiro atoms. The zero-order valence-electron chi connectivity index (χ0n) is 5.28. The molecule has 5 nitrogen and oxygen atoms in total. The zero-order chi connectivity index (χ0) is 8.15. The molecule has 0 aliphatic carbocycles. The van der Waals surface area contributed by atoms with E-state index < -0.39 is 18.0 Å². The van der Waals surface area contributed by atoms with E-state index in [1.54, 1.807) is 0 Å². The fourth-order valence-electron chi connectivity index (χ4n) is 0.402. The summed E-state index contributed by atoms with van der Waals surface area (Å²) in [6, 6.07) is -1.06. The van der Waals surface area contributed by atoms with Gasteiger partial charge in [0.2, 0.25) is 0 Å². The molecule has 68 valence electrons. The molecule has 0 radical (unpaired) electrons. The fourth-order valence-corrected chi connectivity index (χ4v) is 0.402. The second-order valence-corrected chi connectivity index (χ2v) is 1.88. The standard InChI is InChI=1S/C5H9NO4.CH4.Na.H/c6-3(5(9)10)1-2-4(7)8;;;/h3H,1-2,6H2,(H,7,8)(H,9,10);1H4;;. The summed E-state index contributed by atoms with van der Waals surface area (Å²) in [6.45, 7) is 0. The number of nitrogens with two attached hydrogens (primary N) is 1. The second kappa shape index (κ2) is 8.99. The third-order valence-corrected chi connectivity index (χ3v) is 0.986. The molecule has 0 saturated heterocycles. The molecule has 0 saturated carbocycles. The Balaban J connectivity index is -0.000000405. The van der Waals surface area contributed by atoms with Crippen LogP contribution in [0, 0.1) is 0 Å². The summed E-state index contributed by atoms with van der Waals surface area (Å²) in [6.07, 6.45) is -0.224. The van der Waals surface area contributed by atoms with Crippen LogP contribution in [0.5, 0.6) is 0 Å². The minimum absolute atomic E-state index is 0. The molecule has 6 heteroatoms. The molecule has 0 aromatic carbocycles. The predicted molar refractivity (Wildman–Crippen MR) is 46.4 cm³/mol. The summed E-state index contributed by atoms with van der Waals surface area (Å²) in [5.41, 5.74) is 5.00. The summed E-state index contributed by atoms with van der Waals surface area (Å²) in [4.78, 5) is 19.9. The number of carboxylic acid groups (broad SMARTS) is 2. The molecule has 0 rings (SSSR count). The van der Waals surface area contributed by atoms with Crippen molar-refractivity contribution in [1.82, 2.24) is 0 Å². The average molecular weight is 187 g/mol. The first-order valence-corrected chi connectivity index (χ1v) is 2.74. The van der Waals surface area contributed by atoms with Crippen molar-refractivity contribution in [3.05, 3.63) is 0 Å². The third kappa shape index (κ3) is 9.90. The van der Waals surface area contributed by atoms with Crippen LogP contribution in [0.2, 0.25) is 0 Å². The molecule has 0 amide bonds. The molecule has 0 aromatic heterocycles. The van der Waals surface area contributed by atoms with Gasteiger partial charge in [0.15, 0.2) is 0 Å². The van der Waals surface area contributed by atoms with E-state index in [4.69, 9.17) is 15.9 Å². The number of rotatable bonds is 4. The number of carbonyl (C=O) groups is 2. The second-order valence-electron chi connectivity index (χ2n) is 1.88. The van der Waals surface area contributed by atoms with E-state index >= 15 is 0 Å². The predicted octanol–water partition coefficient (Wildman–Crippen LogP) is -0.749.